The molecule has 0 fully saturated rings. The number of carbonyl (C=O) groups is 1. The van der Waals surface area contributed by atoms with Gasteiger partial charge in [-0.1, -0.05) is 12.1 Å². The van der Waals surface area contributed by atoms with Gasteiger partial charge in [0.15, 0.2) is 0 Å². The number of hydrogen-bond donors (Lipinski definition) is 2. The first-order valence-corrected chi connectivity index (χ1v) is 5.97. The molecule has 1 rings (SSSR count). The summed E-state index contributed by atoms with van der Waals surface area (Å²) in [6.45, 7) is 0.465. The third kappa shape index (κ3) is 5.18. The van der Waals surface area contributed by atoms with E-state index in [1.807, 2.05) is 0 Å². The minimum atomic E-state index is -4.39. The van der Waals surface area contributed by atoms with E-state index < -0.39 is 17.8 Å². The van der Waals surface area contributed by atoms with Gasteiger partial charge in [-0.25, -0.2) is 0 Å². The molecular weight excluding hydrogens is 275 g/mol. The third-order valence-electron chi connectivity index (χ3n) is 2.69. The molecule has 0 saturated carbocycles. The number of alkyl halides is 3. The Morgan fingerprint density at radius 2 is 1.95 bits per heavy atom. The Bertz CT molecular complexity index is 431. The lowest BCUT2D eigenvalue weighted by Gasteiger charge is -2.13. The number of halogens is 3. The number of aliphatic hydroxyl groups excluding tert-OH is 1. The fourth-order valence-electron chi connectivity index (χ4n) is 1.54. The van der Waals surface area contributed by atoms with E-state index >= 15 is 0 Å². The van der Waals surface area contributed by atoms with Crippen LogP contribution in [-0.4, -0.2) is 31.3 Å². The number of methoxy groups -OCH3 is 1. The Kier molecular flexibility index (Phi) is 5.97. The van der Waals surface area contributed by atoms with Crippen molar-refractivity contribution in [3.63, 3.8) is 0 Å². The summed E-state index contributed by atoms with van der Waals surface area (Å²) >= 11 is 0. The Hall–Kier alpha value is -1.60. The molecule has 0 bridgehead atoms. The SMILES string of the molecule is COC(=O)CCNCC(O)c1ccc(C(F)(F)F)cc1. The second kappa shape index (κ2) is 7.25. The molecule has 112 valence electrons. The molecule has 2 N–H and O–H groups in total. The fourth-order valence-corrected chi connectivity index (χ4v) is 1.54. The maximum atomic E-state index is 12.4. The quantitative estimate of drug-likeness (QED) is 0.621. The van der Waals surface area contributed by atoms with Crippen LogP contribution in [0, 0.1) is 0 Å². The normalized spacial score (nSPS) is 13.1. The molecule has 0 aromatic heterocycles. The fraction of sp³-hybridized carbons (Fsp3) is 0.462. The van der Waals surface area contributed by atoms with E-state index in [1.54, 1.807) is 0 Å². The minimum Gasteiger partial charge on any atom is -0.469 e. The number of aliphatic hydroxyl groups is 1. The van der Waals surface area contributed by atoms with Gasteiger partial charge < -0.3 is 15.2 Å². The molecule has 0 amide bonds. The van der Waals surface area contributed by atoms with Crippen LogP contribution < -0.4 is 5.32 Å². The second-order valence-corrected chi connectivity index (χ2v) is 4.17. The first kappa shape index (κ1) is 16.5. The van der Waals surface area contributed by atoms with Gasteiger partial charge in [-0.05, 0) is 17.7 Å². The zero-order valence-corrected chi connectivity index (χ0v) is 10.9. The molecule has 4 nitrogen and oxygen atoms in total. The van der Waals surface area contributed by atoms with E-state index in [4.69, 9.17) is 0 Å². The van der Waals surface area contributed by atoms with E-state index in [-0.39, 0.29) is 18.9 Å². The Balaban J connectivity index is 2.44. The molecule has 1 atom stereocenters. The van der Waals surface area contributed by atoms with Gasteiger partial charge in [-0.3, -0.25) is 4.79 Å². The van der Waals surface area contributed by atoms with Crippen molar-refractivity contribution in [1.82, 2.24) is 5.32 Å². The zero-order valence-electron chi connectivity index (χ0n) is 10.9. The highest BCUT2D eigenvalue weighted by atomic mass is 19.4. The van der Waals surface area contributed by atoms with Crippen molar-refractivity contribution in [2.75, 3.05) is 20.2 Å². The van der Waals surface area contributed by atoms with Gasteiger partial charge in [0.25, 0.3) is 0 Å². The zero-order chi connectivity index (χ0) is 15.2. The summed E-state index contributed by atoms with van der Waals surface area (Å²) in [4.78, 5) is 10.8. The minimum absolute atomic E-state index is 0.141. The number of nitrogens with one attached hydrogen (secondary N) is 1. The van der Waals surface area contributed by atoms with Crippen LogP contribution in [0.5, 0.6) is 0 Å². The van der Waals surface area contributed by atoms with Crippen molar-refractivity contribution < 1.29 is 27.8 Å². The average Bonchev–Trinajstić information content (AvgIpc) is 2.42. The van der Waals surface area contributed by atoms with Gasteiger partial charge in [0.2, 0.25) is 0 Å². The lowest BCUT2D eigenvalue weighted by atomic mass is 10.1. The van der Waals surface area contributed by atoms with Gasteiger partial charge >= 0.3 is 12.1 Å². The van der Waals surface area contributed by atoms with Gasteiger partial charge in [-0.2, -0.15) is 13.2 Å². The molecule has 0 aliphatic carbocycles. The predicted octanol–water partition coefficient (Wildman–Crippen LogP) is 1.89. The van der Waals surface area contributed by atoms with Crippen molar-refractivity contribution in [3.8, 4) is 0 Å². The van der Waals surface area contributed by atoms with E-state index in [9.17, 15) is 23.1 Å². The van der Waals surface area contributed by atoms with Gasteiger partial charge in [0, 0.05) is 13.1 Å². The Labute approximate surface area is 114 Å². The topological polar surface area (TPSA) is 58.6 Å². The van der Waals surface area contributed by atoms with Crippen LogP contribution in [0.2, 0.25) is 0 Å². The molecule has 0 spiro atoms. The molecule has 1 aromatic rings. The smallest absolute Gasteiger partial charge is 0.416 e. The predicted molar refractivity (Wildman–Crippen MR) is 65.9 cm³/mol. The van der Waals surface area contributed by atoms with Gasteiger partial charge in [0.05, 0.1) is 25.2 Å². The number of benzene rings is 1. The van der Waals surface area contributed by atoms with Crippen molar-refractivity contribution >= 4 is 5.97 Å². The molecule has 20 heavy (non-hydrogen) atoms. The van der Waals surface area contributed by atoms with Crippen LogP contribution in [0.3, 0.4) is 0 Å². The average molecular weight is 291 g/mol. The van der Waals surface area contributed by atoms with E-state index in [0.717, 1.165) is 12.1 Å². The summed E-state index contributed by atoms with van der Waals surface area (Å²) in [6, 6.07) is 4.31. The monoisotopic (exact) mass is 291 g/mol. The molecule has 0 radical (unpaired) electrons. The third-order valence-corrected chi connectivity index (χ3v) is 2.69. The van der Waals surface area contributed by atoms with Crippen LogP contribution in [0.15, 0.2) is 24.3 Å². The highest BCUT2D eigenvalue weighted by Crippen LogP contribution is 2.29. The summed E-state index contributed by atoms with van der Waals surface area (Å²) in [5.41, 5.74) is -0.379. The number of carbonyl (C=O) groups excluding carboxylic acids is 1. The summed E-state index contributed by atoms with van der Waals surface area (Å²) in [5.74, 6) is -0.374. The first-order valence-electron chi connectivity index (χ1n) is 5.97. The maximum absolute atomic E-state index is 12.4. The number of hydrogen-bond acceptors (Lipinski definition) is 4. The van der Waals surface area contributed by atoms with Crippen molar-refractivity contribution in [2.24, 2.45) is 0 Å². The van der Waals surface area contributed by atoms with Crippen LogP contribution in [0.25, 0.3) is 0 Å². The standard InChI is InChI=1S/C13H16F3NO3/c1-20-12(19)6-7-17-8-11(18)9-2-4-10(5-3-9)13(14,15)16/h2-5,11,17-18H,6-8H2,1H3. The van der Waals surface area contributed by atoms with Crippen LogP contribution in [0.4, 0.5) is 13.2 Å². The van der Waals surface area contributed by atoms with E-state index in [1.165, 1.54) is 19.2 Å². The Morgan fingerprint density at radius 3 is 2.45 bits per heavy atom. The number of ether oxygens (including phenoxy) is 1. The van der Waals surface area contributed by atoms with Crippen LogP contribution in [0.1, 0.15) is 23.7 Å². The summed E-state index contributed by atoms with van der Waals surface area (Å²) < 4.78 is 41.5. The highest BCUT2D eigenvalue weighted by molar-refractivity contribution is 5.69. The molecule has 0 heterocycles. The first-order chi connectivity index (χ1) is 9.34. The largest absolute Gasteiger partial charge is 0.469 e. The van der Waals surface area contributed by atoms with Crippen LogP contribution in [-0.2, 0) is 15.7 Å². The molecule has 0 saturated heterocycles. The number of rotatable bonds is 6. The second-order valence-electron chi connectivity index (χ2n) is 4.17. The summed E-state index contributed by atoms with van der Waals surface area (Å²) in [7, 11) is 1.28. The molecule has 1 unspecified atom stereocenters. The highest BCUT2D eigenvalue weighted by Gasteiger charge is 2.30. The molecule has 0 aliphatic heterocycles. The molecule has 7 heteroatoms. The summed E-state index contributed by atoms with van der Waals surface area (Å²) in [5, 5.41) is 12.6. The van der Waals surface area contributed by atoms with Crippen LogP contribution >= 0.6 is 0 Å². The summed E-state index contributed by atoms with van der Waals surface area (Å²) in [6.07, 6.45) is -5.16. The van der Waals surface area contributed by atoms with Gasteiger partial charge in [0.1, 0.15) is 0 Å². The lowest BCUT2D eigenvalue weighted by molar-refractivity contribution is -0.140. The lowest BCUT2D eigenvalue weighted by Crippen LogP contribution is -2.24. The van der Waals surface area contributed by atoms with Crippen molar-refractivity contribution in [3.05, 3.63) is 35.4 Å². The molecule has 1 aromatic carbocycles. The molecule has 0 aliphatic rings. The molecular formula is C13H16F3NO3. The number of esters is 1. The van der Waals surface area contributed by atoms with E-state index in [0.29, 0.717) is 12.1 Å². The van der Waals surface area contributed by atoms with E-state index in [2.05, 4.69) is 10.1 Å². The van der Waals surface area contributed by atoms with Gasteiger partial charge in [-0.15, -0.1) is 0 Å². The Morgan fingerprint density at radius 1 is 1.35 bits per heavy atom. The maximum Gasteiger partial charge on any atom is 0.416 e. The van der Waals surface area contributed by atoms with Crippen molar-refractivity contribution in [2.45, 2.75) is 18.7 Å². The van der Waals surface area contributed by atoms with Crippen molar-refractivity contribution in [1.29, 1.82) is 0 Å².